The zero-order chi connectivity index (χ0) is 18.7. The number of carbonyl (C=O) groups excluding carboxylic acids is 1. The van der Waals surface area contributed by atoms with Gasteiger partial charge in [0.2, 0.25) is 5.91 Å². The SMILES string of the molecule is NC(=O)c1cnc(NCC2(c3ccc(Cl)cc3Cl)CCOCC2)c(Cl)c1. The van der Waals surface area contributed by atoms with Gasteiger partial charge in [0.1, 0.15) is 5.82 Å². The molecule has 0 radical (unpaired) electrons. The maximum Gasteiger partial charge on any atom is 0.250 e. The van der Waals surface area contributed by atoms with E-state index >= 15 is 0 Å². The fourth-order valence-corrected chi connectivity index (χ4v) is 4.02. The molecule has 26 heavy (non-hydrogen) atoms. The van der Waals surface area contributed by atoms with Gasteiger partial charge in [-0.15, -0.1) is 0 Å². The first-order valence-electron chi connectivity index (χ1n) is 8.14. The Hall–Kier alpha value is -1.53. The van der Waals surface area contributed by atoms with E-state index < -0.39 is 5.91 Å². The second kappa shape index (κ2) is 8.01. The van der Waals surface area contributed by atoms with Crippen LogP contribution >= 0.6 is 34.8 Å². The minimum atomic E-state index is -0.570. The number of aromatic nitrogens is 1. The third kappa shape index (κ3) is 4.07. The maximum atomic E-state index is 11.2. The summed E-state index contributed by atoms with van der Waals surface area (Å²) in [4.78, 5) is 15.5. The summed E-state index contributed by atoms with van der Waals surface area (Å²) in [6.45, 7) is 1.85. The summed E-state index contributed by atoms with van der Waals surface area (Å²) in [6.07, 6.45) is 3.01. The van der Waals surface area contributed by atoms with Crippen molar-refractivity contribution >= 4 is 46.5 Å². The number of amides is 1. The lowest BCUT2D eigenvalue weighted by Crippen LogP contribution is -2.40. The number of halogens is 3. The molecule has 1 aromatic carbocycles. The van der Waals surface area contributed by atoms with Crippen LogP contribution in [0.4, 0.5) is 5.82 Å². The minimum Gasteiger partial charge on any atom is -0.381 e. The molecule has 1 fully saturated rings. The Bertz CT molecular complexity index is 823. The Morgan fingerprint density at radius 2 is 1.92 bits per heavy atom. The van der Waals surface area contributed by atoms with Gasteiger partial charge in [-0.05, 0) is 36.6 Å². The third-order valence-corrected chi connectivity index (χ3v) is 5.51. The molecule has 1 aliphatic rings. The van der Waals surface area contributed by atoms with Gasteiger partial charge >= 0.3 is 0 Å². The highest BCUT2D eigenvalue weighted by molar-refractivity contribution is 6.35. The van der Waals surface area contributed by atoms with Crippen LogP contribution in [0.25, 0.3) is 0 Å². The van der Waals surface area contributed by atoms with E-state index in [4.69, 9.17) is 45.3 Å². The fraction of sp³-hybridized carbons (Fsp3) is 0.333. The molecule has 0 atom stereocenters. The lowest BCUT2D eigenvalue weighted by Gasteiger charge is -2.38. The van der Waals surface area contributed by atoms with Crippen LogP contribution in [0, 0.1) is 0 Å². The number of nitrogens with two attached hydrogens (primary N) is 1. The van der Waals surface area contributed by atoms with E-state index in [9.17, 15) is 4.79 Å². The van der Waals surface area contributed by atoms with Gasteiger partial charge < -0.3 is 15.8 Å². The van der Waals surface area contributed by atoms with Crippen molar-refractivity contribution < 1.29 is 9.53 Å². The Morgan fingerprint density at radius 1 is 1.19 bits per heavy atom. The molecule has 0 bridgehead atoms. The Labute approximate surface area is 166 Å². The first kappa shape index (κ1) is 19.2. The molecule has 1 amide bonds. The second-order valence-corrected chi connectivity index (χ2v) is 7.54. The number of rotatable bonds is 5. The predicted molar refractivity (Wildman–Crippen MR) is 104 cm³/mol. The van der Waals surface area contributed by atoms with Gasteiger partial charge in [0, 0.05) is 41.4 Å². The van der Waals surface area contributed by atoms with Crippen LogP contribution in [0.1, 0.15) is 28.8 Å². The summed E-state index contributed by atoms with van der Waals surface area (Å²) in [7, 11) is 0. The van der Waals surface area contributed by atoms with Crippen LogP contribution in [0.5, 0.6) is 0 Å². The lowest BCUT2D eigenvalue weighted by atomic mass is 9.74. The lowest BCUT2D eigenvalue weighted by molar-refractivity contribution is 0.0544. The highest BCUT2D eigenvalue weighted by atomic mass is 35.5. The number of hydrogen-bond donors (Lipinski definition) is 2. The number of nitrogens with one attached hydrogen (secondary N) is 1. The molecule has 0 spiro atoms. The monoisotopic (exact) mass is 413 g/mol. The molecule has 2 heterocycles. The Kier molecular flexibility index (Phi) is 5.92. The van der Waals surface area contributed by atoms with E-state index in [-0.39, 0.29) is 11.0 Å². The molecule has 1 aromatic heterocycles. The molecule has 0 unspecified atom stereocenters. The van der Waals surface area contributed by atoms with Gasteiger partial charge in [-0.1, -0.05) is 40.9 Å². The summed E-state index contributed by atoms with van der Waals surface area (Å²) in [6, 6.07) is 7.06. The van der Waals surface area contributed by atoms with Crippen molar-refractivity contribution in [3.63, 3.8) is 0 Å². The number of nitrogens with zero attached hydrogens (tertiary/aromatic N) is 1. The van der Waals surface area contributed by atoms with Crippen LogP contribution in [-0.2, 0) is 10.2 Å². The van der Waals surface area contributed by atoms with Crippen LogP contribution in [0.2, 0.25) is 15.1 Å². The van der Waals surface area contributed by atoms with E-state index in [1.54, 1.807) is 6.07 Å². The number of ether oxygens (including phenoxy) is 1. The number of carbonyl (C=O) groups is 1. The smallest absolute Gasteiger partial charge is 0.250 e. The van der Waals surface area contributed by atoms with Gasteiger partial charge in [-0.2, -0.15) is 0 Å². The van der Waals surface area contributed by atoms with Gasteiger partial charge in [-0.3, -0.25) is 4.79 Å². The number of primary amides is 1. The molecule has 0 aliphatic carbocycles. The molecule has 1 aliphatic heterocycles. The third-order valence-electron chi connectivity index (χ3n) is 4.67. The molecule has 1 saturated heterocycles. The average Bonchev–Trinajstić information content (AvgIpc) is 2.61. The van der Waals surface area contributed by atoms with E-state index in [1.165, 1.54) is 12.3 Å². The van der Waals surface area contributed by atoms with Crippen molar-refractivity contribution in [3.05, 3.63) is 56.7 Å². The molecule has 3 rings (SSSR count). The Balaban J connectivity index is 1.87. The fourth-order valence-electron chi connectivity index (χ4n) is 3.18. The van der Waals surface area contributed by atoms with E-state index in [2.05, 4.69) is 10.3 Å². The van der Waals surface area contributed by atoms with Crippen molar-refractivity contribution in [2.75, 3.05) is 25.1 Å². The molecule has 3 N–H and O–H groups in total. The summed E-state index contributed by atoms with van der Waals surface area (Å²) in [5, 5.41) is 4.85. The number of pyridine rings is 1. The predicted octanol–water partition coefficient (Wildman–Crippen LogP) is 4.30. The highest BCUT2D eigenvalue weighted by Crippen LogP contribution is 2.40. The van der Waals surface area contributed by atoms with Gasteiger partial charge in [0.25, 0.3) is 0 Å². The zero-order valence-electron chi connectivity index (χ0n) is 13.9. The number of benzene rings is 1. The molecular weight excluding hydrogens is 397 g/mol. The van der Waals surface area contributed by atoms with Gasteiger partial charge in [-0.25, -0.2) is 4.98 Å². The highest BCUT2D eigenvalue weighted by Gasteiger charge is 2.36. The summed E-state index contributed by atoms with van der Waals surface area (Å²) in [5.41, 5.74) is 6.31. The van der Waals surface area contributed by atoms with E-state index in [1.807, 2.05) is 12.1 Å². The quantitative estimate of drug-likeness (QED) is 0.764. The van der Waals surface area contributed by atoms with Crippen molar-refractivity contribution in [2.45, 2.75) is 18.3 Å². The molecule has 0 saturated carbocycles. The minimum absolute atomic E-state index is 0.229. The average molecular weight is 415 g/mol. The van der Waals surface area contributed by atoms with Crippen molar-refractivity contribution in [3.8, 4) is 0 Å². The van der Waals surface area contributed by atoms with Crippen LogP contribution in [0.3, 0.4) is 0 Å². The largest absolute Gasteiger partial charge is 0.381 e. The van der Waals surface area contributed by atoms with Crippen molar-refractivity contribution in [2.24, 2.45) is 5.73 Å². The molecular formula is C18H18Cl3N3O2. The zero-order valence-corrected chi connectivity index (χ0v) is 16.2. The Morgan fingerprint density at radius 3 is 2.54 bits per heavy atom. The van der Waals surface area contributed by atoms with Crippen LogP contribution in [-0.4, -0.2) is 30.6 Å². The topological polar surface area (TPSA) is 77.2 Å². The van der Waals surface area contributed by atoms with Crippen LogP contribution < -0.4 is 11.1 Å². The first-order chi connectivity index (χ1) is 12.4. The van der Waals surface area contributed by atoms with Crippen LogP contribution in [0.15, 0.2) is 30.5 Å². The summed E-state index contributed by atoms with van der Waals surface area (Å²) < 4.78 is 5.54. The number of hydrogen-bond acceptors (Lipinski definition) is 4. The molecule has 2 aromatic rings. The summed E-state index contributed by atoms with van der Waals surface area (Å²) >= 11 is 18.8. The number of anilines is 1. The van der Waals surface area contributed by atoms with E-state index in [0.717, 1.165) is 18.4 Å². The van der Waals surface area contributed by atoms with Crippen molar-refractivity contribution in [1.82, 2.24) is 4.98 Å². The maximum absolute atomic E-state index is 11.2. The van der Waals surface area contributed by atoms with Gasteiger partial charge in [0.05, 0.1) is 10.6 Å². The molecule has 8 heteroatoms. The first-order valence-corrected chi connectivity index (χ1v) is 9.27. The second-order valence-electron chi connectivity index (χ2n) is 6.29. The normalized spacial score (nSPS) is 16.3. The van der Waals surface area contributed by atoms with Crippen molar-refractivity contribution in [1.29, 1.82) is 0 Å². The summed E-state index contributed by atoms with van der Waals surface area (Å²) in [5.74, 6) is -0.0765. The molecule has 5 nitrogen and oxygen atoms in total. The van der Waals surface area contributed by atoms with E-state index in [0.29, 0.717) is 40.6 Å². The van der Waals surface area contributed by atoms with Gasteiger partial charge in [0.15, 0.2) is 0 Å². The standard InChI is InChI=1S/C18H18Cl3N3O2/c19-12-1-2-13(14(20)8-12)18(3-5-26-6-4-18)10-24-17-15(21)7-11(9-23-17)16(22)25/h1-2,7-9H,3-6,10H2,(H2,22,25)(H,23,24). The molecule has 138 valence electrons.